The van der Waals surface area contributed by atoms with Crippen molar-refractivity contribution in [2.45, 2.75) is 13.1 Å². The molecule has 1 amide bonds. The first-order chi connectivity index (χ1) is 11.7. The second kappa shape index (κ2) is 7.22. The van der Waals surface area contributed by atoms with Crippen LogP contribution in [0.4, 0.5) is 0 Å². The minimum Gasteiger partial charge on any atom is -0.467 e. The summed E-state index contributed by atoms with van der Waals surface area (Å²) >= 11 is 1.12. The van der Waals surface area contributed by atoms with Crippen LogP contribution in [0.2, 0.25) is 0 Å². The fourth-order valence-corrected chi connectivity index (χ4v) is 2.97. The summed E-state index contributed by atoms with van der Waals surface area (Å²) in [7, 11) is 1.26. The first kappa shape index (κ1) is 16.1. The van der Waals surface area contributed by atoms with Gasteiger partial charge < -0.3 is 13.6 Å². The molecule has 7 nitrogen and oxygen atoms in total. The second-order valence-electron chi connectivity index (χ2n) is 4.78. The van der Waals surface area contributed by atoms with E-state index < -0.39 is 5.97 Å². The molecule has 0 aliphatic carbocycles. The van der Waals surface area contributed by atoms with Crippen LogP contribution in [0.15, 0.2) is 61.6 Å². The van der Waals surface area contributed by atoms with Crippen LogP contribution in [0.3, 0.4) is 0 Å². The van der Waals surface area contributed by atoms with E-state index in [1.54, 1.807) is 30.5 Å². The Morgan fingerprint density at radius 2 is 2.00 bits per heavy atom. The van der Waals surface area contributed by atoms with Crippen molar-refractivity contribution < 1.29 is 23.2 Å². The number of amides is 1. The van der Waals surface area contributed by atoms with Crippen molar-refractivity contribution in [3.63, 3.8) is 0 Å². The van der Waals surface area contributed by atoms with Gasteiger partial charge in [0.15, 0.2) is 5.17 Å². The number of esters is 1. The van der Waals surface area contributed by atoms with E-state index in [1.807, 2.05) is 0 Å². The fraction of sp³-hybridized carbons (Fsp3) is 0.188. The van der Waals surface area contributed by atoms with Crippen molar-refractivity contribution in [1.82, 2.24) is 4.90 Å². The molecule has 24 heavy (non-hydrogen) atoms. The number of nitrogens with zero attached hydrogens (tertiary/aromatic N) is 2. The normalized spacial score (nSPS) is 17.9. The van der Waals surface area contributed by atoms with E-state index in [4.69, 9.17) is 8.83 Å². The number of carbonyl (C=O) groups is 2. The lowest BCUT2D eigenvalue weighted by Crippen LogP contribution is -2.28. The standard InChI is InChI=1S/C16H14N2O5S/c1-21-14(19)8-13-15(20)18(10-12-5-3-7-23-12)16(24-13)17-9-11-4-2-6-22-11/h2-8H,9-10H2,1H3/b13-8+,17-16?. The maximum absolute atomic E-state index is 12.5. The topological polar surface area (TPSA) is 85.2 Å². The molecule has 0 spiro atoms. The molecule has 0 radical (unpaired) electrons. The van der Waals surface area contributed by atoms with Crippen LogP contribution in [-0.4, -0.2) is 29.1 Å². The molecule has 1 aliphatic heterocycles. The Bertz CT molecular complexity index is 778. The SMILES string of the molecule is COC(=O)/C=C1/SC(=NCc2ccco2)N(Cc2ccco2)C1=O. The first-order valence-electron chi connectivity index (χ1n) is 7.06. The molecule has 0 atom stereocenters. The number of hydrogen-bond donors (Lipinski definition) is 0. The van der Waals surface area contributed by atoms with E-state index in [-0.39, 0.29) is 17.4 Å². The summed E-state index contributed by atoms with van der Waals surface area (Å²) in [6, 6.07) is 7.08. The lowest BCUT2D eigenvalue weighted by Gasteiger charge is -2.13. The van der Waals surface area contributed by atoms with Gasteiger partial charge in [0.2, 0.25) is 0 Å². The monoisotopic (exact) mass is 346 g/mol. The molecular formula is C16H14N2O5S. The van der Waals surface area contributed by atoms with Crippen molar-refractivity contribution in [2.75, 3.05) is 7.11 Å². The molecule has 3 rings (SSSR count). The maximum atomic E-state index is 12.5. The molecule has 2 aromatic rings. The van der Waals surface area contributed by atoms with Crippen LogP contribution in [0.1, 0.15) is 11.5 Å². The van der Waals surface area contributed by atoms with E-state index >= 15 is 0 Å². The van der Waals surface area contributed by atoms with Crippen molar-refractivity contribution in [1.29, 1.82) is 0 Å². The van der Waals surface area contributed by atoms with E-state index in [1.165, 1.54) is 18.3 Å². The van der Waals surface area contributed by atoms with Crippen LogP contribution in [0.5, 0.6) is 0 Å². The van der Waals surface area contributed by atoms with E-state index in [0.29, 0.717) is 23.2 Å². The highest BCUT2D eigenvalue weighted by Crippen LogP contribution is 2.32. The van der Waals surface area contributed by atoms with Gasteiger partial charge in [0, 0.05) is 6.08 Å². The third kappa shape index (κ3) is 3.60. The molecule has 0 saturated carbocycles. The smallest absolute Gasteiger partial charge is 0.331 e. The summed E-state index contributed by atoms with van der Waals surface area (Å²) in [5.74, 6) is 0.393. The fourth-order valence-electron chi connectivity index (χ4n) is 2.04. The van der Waals surface area contributed by atoms with Gasteiger partial charge in [0.25, 0.3) is 5.91 Å². The maximum Gasteiger partial charge on any atom is 0.331 e. The number of methoxy groups -OCH3 is 1. The number of amidine groups is 1. The van der Waals surface area contributed by atoms with Gasteiger partial charge >= 0.3 is 5.97 Å². The van der Waals surface area contributed by atoms with Gasteiger partial charge in [0.1, 0.15) is 11.5 Å². The lowest BCUT2D eigenvalue weighted by atomic mass is 10.3. The average Bonchev–Trinajstić information content (AvgIpc) is 3.32. The van der Waals surface area contributed by atoms with Gasteiger partial charge in [-0.2, -0.15) is 0 Å². The number of furan rings is 2. The molecule has 1 fully saturated rings. The number of aliphatic imine (C=N–C) groups is 1. The molecule has 8 heteroatoms. The van der Waals surface area contributed by atoms with Crippen molar-refractivity contribution >= 4 is 28.8 Å². The minimum atomic E-state index is -0.587. The number of hydrogen-bond acceptors (Lipinski definition) is 7. The molecule has 0 aromatic carbocycles. The van der Waals surface area contributed by atoms with Crippen LogP contribution in [0, 0.1) is 0 Å². The predicted molar refractivity (Wildman–Crippen MR) is 86.8 cm³/mol. The van der Waals surface area contributed by atoms with Gasteiger partial charge in [-0.1, -0.05) is 0 Å². The van der Waals surface area contributed by atoms with Crippen molar-refractivity contribution in [3.05, 3.63) is 59.3 Å². The molecule has 0 unspecified atom stereocenters. The first-order valence-corrected chi connectivity index (χ1v) is 7.87. The van der Waals surface area contributed by atoms with Gasteiger partial charge in [-0.05, 0) is 36.0 Å². The molecular weight excluding hydrogens is 332 g/mol. The van der Waals surface area contributed by atoms with Gasteiger partial charge in [0.05, 0.1) is 37.6 Å². The Labute approximate surface area is 142 Å². The summed E-state index contributed by atoms with van der Waals surface area (Å²) in [5.41, 5.74) is 0. The number of carbonyl (C=O) groups excluding carboxylic acids is 2. The molecule has 1 saturated heterocycles. The molecule has 3 heterocycles. The number of ether oxygens (including phenoxy) is 1. The molecule has 2 aromatic heterocycles. The summed E-state index contributed by atoms with van der Waals surface area (Å²) in [5, 5.41) is 0.475. The quantitative estimate of drug-likeness (QED) is 0.611. The Hall–Kier alpha value is -2.74. The largest absolute Gasteiger partial charge is 0.467 e. The highest BCUT2D eigenvalue weighted by atomic mass is 32.2. The highest BCUT2D eigenvalue weighted by molar-refractivity contribution is 8.18. The number of thioether (sulfide) groups is 1. The average molecular weight is 346 g/mol. The minimum absolute atomic E-state index is 0.230. The molecule has 124 valence electrons. The zero-order chi connectivity index (χ0) is 16.9. The van der Waals surface area contributed by atoms with Gasteiger partial charge in [-0.25, -0.2) is 4.79 Å². The zero-order valence-electron chi connectivity index (χ0n) is 12.8. The number of rotatable bonds is 5. The van der Waals surface area contributed by atoms with E-state index in [2.05, 4.69) is 9.73 Å². The Kier molecular flexibility index (Phi) is 4.85. The van der Waals surface area contributed by atoms with E-state index in [9.17, 15) is 9.59 Å². The van der Waals surface area contributed by atoms with Crippen molar-refractivity contribution in [3.8, 4) is 0 Å². The van der Waals surface area contributed by atoms with Crippen molar-refractivity contribution in [2.24, 2.45) is 4.99 Å². The lowest BCUT2D eigenvalue weighted by molar-refractivity contribution is -0.135. The zero-order valence-corrected chi connectivity index (χ0v) is 13.6. The Morgan fingerprint density at radius 1 is 1.29 bits per heavy atom. The third-order valence-electron chi connectivity index (χ3n) is 3.18. The van der Waals surface area contributed by atoms with Gasteiger partial charge in [-0.15, -0.1) is 0 Å². The van der Waals surface area contributed by atoms with Crippen LogP contribution < -0.4 is 0 Å². The molecule has 1 aliphatic rings. The second-order valence-corrected chi connectivity index (χ2v) is 5.79. The summed E-state index contributed by atoms with van der Waals surface area (Å²) < 4.78 is 15.1. The Morgan fingerprint density at radius 3 is 2.62 bits per heavy atom. The van der Waals surface area contributed by atoms with Crippen LogP contribution in [-0.2, 0) is 27.4 Å². The summed E-state index contributed by atoms with van der Waals surface area (Å²) in [4.78, 5) is 30.1. The van der Waals surface area contributed by atoms with Crippen LogP contribution >= 0.6 is 11.8 Å². The summed E-state index contributed by atoms with van der Waals surface area (Å²) in [6.07, 6.45) is 4.26. The predicted octanol–water partition coefficient (Wildman–Crippen LogP) is 2.56. The Balaban J connectivity index is 1.85. The third-order valence-corrected chi connectivity index (χ3v) is 4.23. The van der Waals surface area contributed by atoms with E-state index in [0.717, 1.165) is 17.8 Å². The summed E-state index contributed by atoms with van der Waals surface area (Å²) in [6.45, 7) is 0.525. The molecule has 0 bridgehead atoms. The molecule has 0 N–H and O–H groups in total. The highest BCUT2D eigenvalue weighted by Gasteiger charge is 2.34. The van der Waals surface area contributed by atoms with Crippen LogP contribution in [0.25, 0.3) is 0 Å². The van der Waals surface area contributed by atoms with Gasteiger partial charge in [-0.3, -0.25) is 14.7 Å².